The molecule has 0 radical (unpaired) electrons. The number of aromatic nitrogens is 2. The minimum Gasteiger partial charge on any atom is -0.486 e. The van der Waals surface area contributed by atoms with E-state index < -0.39 is 12.1 Å². The van der Waals surface area contributed by atoms with Crippen LogP contribution >= 0.6 is 0 Å². The normalized spacial score (nSPS) is 17.6. The van der Waals surface area contributed by atoms with Crippen molar-refractivity contribution < 1.29 is 23.6 Å². The molecule has 1 fully saturated rings. The number of hydrogen-bond acceptors (Lipinski definition) is 7. The SMILES string of the molecule is O=C1NCCN(C(=O)Nc2ccc3c(c2)OCCO3)C1Cc1nc(-c2ccccc2)no1. The molecule has 2 aromatic carbocycles. The number of ether oxygens (including phenoxy) is 2. The number of rotatable bonds is 4. The topological polar surface area (TPSA) is 119 Å². The van der Waals surface area contributed by atoms with Gasteiger partial charge in [-0.3, -0.25) is 4.79 Å². The number of fused-ring (bicyclic) bond motifs is 1. The number of carbonyl (C=O) groups is 2. The first kappa shape index (κ1) is 19.9. The zero-order valence-corrected chi connectivity index (χ0v) is 17.1. The van der Waals surface area contributed by atoms with E-state index in [2.05, 4.69) is 20.8 Å². The highest BCUT2D eigenvalue weighted by molar-refractivity contribution is 5.95. The number of amides is 3. The number of piperazine rings is 1. The summed E-state index contributed by atoms with van der Waals surface area (Å²) in [4.78, 5) is 31.4. The van der Waals surface area contributed by atoms with Gasteiger partial charge in [-0.15, -0.1) is 0 Å². The number of urea groups is 1. The summed E-state index contributed by atoms with van der Waals surface area (Å²) in [6.07, 6.45) is 0.111. The highest BCUT2D eigenvalue weighted by Crippen LogP contribution is 2.32. The van der Waals surface area contributed by atoms with E-state index in [1.54, 1.807) is 18.2 Å². The smallest absolute Gasteiger partial charge is 0.322 e. The van der Waals surface area contributed by atoms with Crippen LogP contribution in [0.4, 0.5) is 10.5 Å². The predicted molar refractivity (Wildman–Crippen MR) is 113 cm³/mol. The van der Waals surface area contributed by atoms with Crippen LogP contribution in [0.15, 0.2) is 53.1 Å². The molecule has 10 nitrogen and oxygen atoms in total. The first-order valence-electron chi connectivity index (χ1n) is 10.3. The van der Waals surface area contributed by atoms with Crippen molar-refractivity contribution >= 4 is 17.6 Å². The van der Waals surface area contributed by atoms with Crippen LogP contribution in [0.2, 0.25) is 0 Å². The number of benzene rings is 2. The summed E-state index contributed by atoms with van der Waals surface area (Å²) < 4.78 is 16.4. The molecule has 0 bridgehead atoms. The summed E-state index contributed by atoms with van der Waals surface area (Å²) in [6, 6.07) is 13.4. The molecule has 0 aliphatic carbocycles. The Kier molecular flexibility index (Phi) is 5.32. The van der Waals surface area contributed by atoms with E-state index in [-0.39, 0.29) is 18.2 Å². The van der Waals surface area contributed by atoms with E-state index in [4.69, 9.17) is 14.0 Å². The maximum Gasteiger partial charge on any atom is 0.322 e. The van der Waals surface area contributed by atoms with Crippen LogP contribution in [-0.2, 0) is 11.2 Å². The summed E-state index contributed by atoms with van der Waals surface area (Å²) in [5.41, 5.74) is 1.36. The molecule has 10 heteroatoms. The second kappa shape index (κ2) is 8.58. The standard InChI is InChI=1S/C22H21N5O5/c28-21-16(13-19-25-20(26-32-19)14-4-2-1-3-5-14)27(9-8-23-21)22(29)24-15-6-7-17-18(12-15)31-11-10-30-17/h1-7,12,16H,8-11,13H2,(H,23,28)(H,24,29). The van der Waals surface area contributed by atoms with Gasteiger partial charge in [0.15, 0.2) is 11.5 Å². The monoisotopic (exact) mass is 435 g/mol. The van der Waals surface area contributed by atoms with Crippen molar-refractivity contribution in [3.8, 4) is 22.9 Å². The van der Waals surface area contributed by atoms with Crippen LogP contribution in [0.5, 0.6) is 11.5 Å². The fourth-order valence-corrected chi connectivity index (χ4v) is 3.68. The quantitative estimate of drug-likeness (QED) is 0.644. The molecule has 164 valence electrons. The Balaban J connectivity index is 1.31. The second-order valence-electron chi connectivity index (χ2n) is 7.37. The van der Waals surface area contributed by atoms with Gasteiger partial charge in [0.25, 0.3) is 0 Å². The van der Waals surface area contributed by atoms with Crippen molar-refractivity contribution in [1.82, 2.24) is 20.4 Å². The lowest BCUT2D eigenvalue weighted by molar-refractivity contribution is -0.127. The minimum atomic E-state index is -0.773. The van der Waals surface area contributed by atoms with Crippen LogP contribution in [0.25, 0.3) is 11.4 Å². The van der Waals surface area contributed by atoms with Crippen molar-refractivity contribution in [2.24, 2.45) is 0 Å². The molecule has 2 aliphatic rings. The molecule has 2 N–H and O–H groups in total. The van der Waals surface area contributed by atoms with Gasteiger partial charge in [0.05, 0.1) is 6.42 Å². The van der Waals surface area contributed by atoms with Crippen LogP contribution in [0, 0.1) is 0 Å². The van der Waals surface area contributed by atoms with Crippen LogP contribution in [0.3, 0.4) is 0 Å². The maximum atomic E-state index is 13.0. The highest BCUT2D eigenvalue weighted by atomic mass is 16.6. The van der Waals surface area contributed by atoms with Crippen molar-refractivity contribution in [3.63, 3.8) is 0 Å². The Morgan fingerprint density at radius 3 is 2.78 bits per heavy atom. The molecule has 1 unspecified atom stereocenters. The fourth-order valence-electron chi connectivity index (χ4n) is 3.68. The molecule has 0 saturated carbocycles. The first-order valence-corrected chi connectivity index (χ1v) is 10.3. The third kappa shape index (κ3) is 4.07. The average molecular weight is 435 g/mol. The minimum absolute atomic E-state index is 0.111. The van der Waals surface area contributed by atoms with E-state index in [9.17, 15) is 9.59 Å². The average Bonchev–Trinajstić information content (AvgIpc) is 3.29. The molecular formula is C22H21N5O5. The van der Waals surface area contributed by atoms with Gasteiger partial charge in [0.1, 0.15) is 19.3 Å². The van der Waals surface area contributed by atoms with E-state index in [0.29, 0.717) is 49.3 Å². The number of hydrogen-bond donors (Lipinski definition) is 2. The number of anilines is 1. The van der Waals surface area contributed by atoms with E-state index in [1.807, 2.05) is 30.3 Å². The maximum absolute atomic E-state index is 13.0. The molecule has 1 saturated heterocycles. The van der Waals surface area contributed by atoms with E-state index in [0.717, 1.165) is 5.56 Å². The van der Waals surface area contributed by atoms with Gasteiger partial charge < -0.3 is 29.5 Å². The zero-order chi connectivity index (χ0) is 21.9. The summed E-state index contributed by atoms with van der Waals surface area (Å²) >= 11 is 0. The Bertz CT molecular complexity index is 1130. The summed E-state index contributed by atoms with van der Waals surface area (Å²) in [7, 11) is 0. The van der Waals surface area contributed by atoms with Gasteiger partial charge >= 0.3 is 6.03 Å². The van der Waals surface area contributed by atoms with Crippen LogP contribution in [-0.4, -0.2) is 59.3 Å². The summed E-state index contributed by atoms with van der Waals surface area (Å²) in [5.74, 6) is 1.65. The fraction of sp³-hybridized carbons (Fsp3) is 0.273. The molecule has 3 amide bonds. The molecule has 1 aromatic heterocycles. The Morgan fingerprint density at radius 2 is 1.94 bits per heavy atom. The molecule has 1 atom stereocenters. The molecule has 2 aliphatic heterocycles. The summed E-state index contributed by atoms with van der Waals surface area (Å²) in [5, 5.41) is 9.62. The van der Waals surface area contributed by atoms with Crippen LogP contribution < -0.4 is 20.1 Å². The number of nitrogens with one attached hydrogen (secondary N) is 2. The van der Waals surface area contributed by atoms with Crippen molar-refractivity contribution in [2.75, 3.05) is 31.6 Å². The molecule has 0 spiro atoms. The van der Waals surface area contributed by atoms with Gasteiger partial charge in [0.2, 0.25) is 17.6 Å². The third-order valence-corrected chi connectivity index (χ3v) is 5.25. The Labute approximate surface area is 183 Å². The van der Waals surface area contributed by atoms with Gasteiger partial charge in [0, 0.05) is 30.4 Å². The molecule has 3 heterocycles. The van der Waals surface area contributed by atoms with E-state index in [1.165, 1.54) is 4.90 Å². The van der Waals surface area contributed by atoms with Gasteiger partial charge in [-0.2, -0.15) is 4.98 Å². The van der Waals surface area contributed by atoms with Gasteiger partial charge in [-0.05, 0) is 12.1 Å². The lowest BCUT2D eigenvalue weighted by Gasteiger charge is -2.34. The molecular weight excluding hydrogens is 414 g/mol. The zero-order valence-electron chi connectivity index (χ0n) is 17.1. The number of carbonyl (C=O) groups excluding carboxylic acids is 2. The Morgan fingerprint density at radius 1 is 1.12 bits per heavy atom. The molecule has 5 rings (SSSR count). The number of nitrogens with zero attached hydrogens (tertiary/aromatic N) is 3. The molecule has 32 heavy (non-hydrogen) atoms. The Hall–Kier alpha value is -4.08. The third-order valence-electron chi connectivity index (χ3n) is 5.25. The van der Waals surface area contributed by atoms with Crippen molar-refractivity contribution in [3.05, 3.63) is 54.4 Å². The largest absolute Gasteiger partial charge is 0.486 e. The van der Waals surface area contributed by atoms with Crippen molar-refractivity contribution in [1.29, 1.82) is 0 Å². The van der Waals surface area contributed by atoms with Crippen LogP contribution in [0.1, 0.15) is 5.89 Å². The first-order chi connectivity index (χ1) is 15.7. The summed E-state index contributed by atoms with van der Waals surface area (Å²) in [6.45, 7) is 1.66. The predicted octanol–water partition coefficient (Wildman–Crippen LogP) is 2.08. The van der Waals surface area contributed by atoms with E-state index >= 15 is 0 Å². The highest BCUT2D eigenvalue weighted by Gasteiger charge is 2.35. The van der Waals surface area contributed by atoms with Gasteiger partial charge in [-0.1, -0.05) is 35.5 Å². The van der Waals surface area contributed by atoms with Crippen molar-refractivity contribution in [2.45, 2.75) is 12.5 Å². The second-order valence-corrected chi connectivity index (χ2v) is 7.37. The lowest BCUT2D eigenvalue weighted by atomic mass is 10.1. The van der Waals surface area contributed by atoms with Gasteiger partial charge in [-0.25, -0.2) is 4.79 Å². The lowest BCUT2D eigenvalue weighted by Crippen LogP contribution is -2.59. The molecule has 3 aromatic rings.